The number of hydrogen-bond donors (Lipinski definition) is 4. The molecule has 0 saturated heterocycles. The molecule has 0 atom stereocenters. The molecule has 0 fully saturated rings. The van der Waals surface area contributed by atoms with Crippen molar-refractivity contribution >= 4 is 33.6 Å². The van der Waals surface area contributed by atoms with Crippen LogP contribution in [-0.4, -0.2) is 30.7 Å². The van der Waals surface area contributed by atoms with Gasteiger partial charge in [0.05, 0.1) is 33.4 Å². The van der Waals surface area contributed by atoms with Crippen LogP contribution in [0.2, 0.25) is 0 Å². The molecule has 2 aromatic carbocycles. The fourth-order valence-electron chi connectivity index (χ4n) is 2.71. The lowest BCUT2D eigenvalue weighted by Gasteiger charge is -1.95. The Balaban J connectivity index is 1.67. The maximum atomic E-state index is 10.8. The Bertz CT molecular complexity index is 1050. The van der Waals surface area contributed by atoms with E-state index in [0.717, 1.165) is 16.6 Å². The van der Waals surface area contributed by atoms with Gasteiger partial charge >= 0.3 is 0 Å². The summed E-state index contributed by atoms with van der Waals surface area (Å²) in [4.78, 5) is 25.6. The van der Waals surface area contributed by atoms with Crippen LogP contribution in [0.25, 0.3) is 22.1 Å². The smallest absolute Gasteiger partial charge is 0.271 e. The van der Waals surface area contributed by atoms with Crippen molar-refractivity contribution in [2.75, 3.05) is 0 Å². The lowest BCUT2D eigenvalue weighted by Crippen LogP contribution is -2.10. The number of nitro groups is 1. The van der Waals surface area contributed by atoms with Gasteiger partial charge in [0.2, 0.25) is 0 Å². The summed E-state index contributed by atoms with van der Waals surface area (Å²) in [6, 6.07) is 9.85. The monoisotopic (exact) mass is 335 g/mol. The topological polar surface area (TPSA) is 150 Å². The second-order valence-electron chi connectivity index (χ2n) is 5.65. The minimum atomic E-state index is -0.445. The van der Waals surface area contributed by atoms with Crippen LogP contribution in [-0.2, 0) is 6.42 Å². The summed E-state index contributed by atoms with van der Waals surface area (Å²) >= 11 is 0. The fourth-order valence-corrected chi connectivity index (χ4v) is 2.71. The first-order valence-corrected chi connectivity index (χ1v) is 7.46. The van der Waals surface area contributed by atoms with Gasteiger partial charge in [-0.25, -0.2) is 9.97 Å². The Morgan fingerprint density at radius 1 is 1.08 bits per heavy atom. The van der Waals surface area contributed by atoms with Crippen LogP contribution in [0.15, 0.2) is 36.4 Å². The number of H-pyrrole nitrogens is 2. The van der Waals surface area contributed by atoms with Crippen molar-refractivity contribution in [1.29, 1.82) is 5.41 Å². The molecule has 0 amide bonds. The van der Waals surface area contributed by atoms with Crippen LogP contribution in [0.1, 0.15) is 17.2 Å². The molecule has 9 heteroatoms. The van der Waals surface area contributed by atoms with E-state index in [2.05, 4.69) is 19.9 Å². The van der Waals surface area contributed by atoms with E-state index in [4.69, 9.17) is 11.1 Å². The molecule has 4 rings (SSSR count). The number of nitrogen functional groups attached to an aromatic ring is 1. The van der Waals surface area contributed by atoms with E-state index in [1.54, 1.807) is 18.2 Å². The molecule has 124 valence electrons. The van der Waals surface area contributed by atoms with E-state index in [1.165, 1.54) is 12.1 Å². The fraction of sp³-hybridized carbons (Fsp3) is 0.0625. The van der Waals surface area contributed by atoms with Crippen LogP contribution in [0.3, 0.4) is 0 Å². The highest BCUT2D eigenvalue weighted by Crippen LogP contribution is 2.20. The number of nitro benzene ring substituents is 1. The zero-order valence-corrected chi connectivity index (χ0v) is 12.9. The van der Waals surface area contributed by atoms with Crippen molar-refractivity contribution in [3.8, 4) is 0 Å². The minimum Gasteiger partial charge on any atom is -0.384 e. The van der Waals surface area contributed by atoms with Crippen molar-refractivity contribution in [3.05, 3.63) is 63.7 Å². The second-order valence-corrected chi connectivity index (χ2v) is 5.65. The molecule has 4 aromatic rings. The van der Waals surface area contributed by atoms with E-state index >= 15 is 0 Å². The summed E-state index contributed by atoms with van der Waals surface area (Å²) in [6.45, 7) is 0. The molecule has 9 nitrogen and oxygen atoms in total. The molecule has 2 aromatic heterocycles. The van der Waals surface area contributed by atoms with Gasteiger partial charge in [0, 0.05) is 17.7 Å². The minimum absolute atomic E-state index is 0.00560. The Kier molecular flexibility index (Phi) is 3.21. The normalized spacial score (nSPS) is 11.2. The van der Waals surface area contributed by atoms with Crippen molar-refractivity contribution in [2.45, 2.75) is 6.42 Å². The highest BCUT2D eigenvalue weighted by molar-refractivity contribution is 5.97. The standard InChI is InChI=1S/C16H13N7O2/c17-16(18)8-1-3-10-12(5-8)21-14(19-10)7-15-20-11-4-2-9(23(24)25)6-13(11)22-15/h1-6H,7H2,(H3,17,18)(H,19,21)(H,20,22). The van der Waals surface area contributed by atoms with Crippen LogP contribution < -0.4 is 5.73 Å². The zero-order valence-electron chi connectivity index (χ0n) is 12.9. The first kappa shape index (κ1) is 14.8. The highest BCUT2D eigenvalue weighted by atomic mass is 16.6. The van der Waals surface area contributed by atoms with E-state index < -0.39 is 4.92 Å². The number of nitrogens with zero attached hydrogens (tertiary/aromatic N) is 3. The third kappa shape index (κ3) is 2.67. The van der Waals surface area contributed by atoms with Gasteiger partial charge < -0.3 is 15.7 Å². The number of fused-ring (bicyclic) bond motifs is 2. The van der Waals surface area contributed by atoms with Gasteiger partial charge in [-0.2, -0.15) is 0 Å². The van der Waals surface area contributed by atoms with Gasteiger partial charge in [0.15, 0.2) is 0 Å². The predicted octanol–water partition coefficient (Wildman–Crippen LogP) is 2.22. The summed E-state index contributed by atoms with van der Waals surface area (Å²) in [5.41, 5.74) is 8.94. The predicted molar refractivity (Wildman–Crippen MR) is 92.7 cm³/mol. The average molecular weight is 335 g/mol. The van der Waals surface area contributed by atoms with Crippen LogP contribution in [0, 0.1) is 15.5 Å². The molecule has 5 N–H and O–H groups in total. The van der Waals surface area contributed by atoms with Crippen molar-refractivity contribution in [1.82, 2.24) is 19.9 Å². The third-order valence-corrected chi connectivity index (χ3v) is 3.90. The molecule has 0 aliphatic rings. The molecule has 0 aliphatic carbocycles. The Morgan fingerprint density at radius 2 is 1.68 bits per heavy atom. The lowest BCUT2D eigenvalue weighted by molar-refractivity contribution is -0.384. The summed E-state index contributed by atoms with van der Waals surface area (Å²) < 4.78 is 0. The Labute approximate surface area is 140 Å². The molecule has 25 heavy (non-hydrogen) atoms. The first-order valence-electron chi connectivity index (χ1n) is 7.46. The quantitative estimate of drug-likeness (QED) is 0.195. The number of non-ortho nitro benzene ring substituents is 1. The van der Waals surface area contributed by atoms with Crippen LogP contribution in [0.4, 0.5) is 5.69 Å². The first-order chi connectivity index (χ1) is 12.0. The largest absolute Gasteiger partial charge is 0.384 e. The number of hydrogen-bond acceptors (Lipinski definition) is 5. The van der Waals surface area contributed by atoms with Gasteiger partial charge in [-0.3, -0.25) is 15.5 Å². The number of amidine groups is 1. The lowest BCUT2D eigenvalue weighted by atomic mass is 10.2. The summed E-state index contributed by atoms with van der Waals surface area (Å²) in [6.07, 6.45) is 0.423. The SMILES string of the molecule is N=C(N)c1ccc2[nH]c(Cc3nc4cc([N+](=O)[O-])ccc4[nH]3)nc2c1. The Hall–Kier alpha value is -3.75. The summed E-state index contributed by atoms with van der Waals surface area (Å²) in [5.74, 6) is 1.34. The molecule has 0 aliphatic heterocycles. The molecule has 2 heterocycles. The number of aromatic nitrogens is 4. The van der Waals surface area contributed by atoms with E-state index in [9.17, 15) is 10.1 Å². The van der Waals surface area contributed by atoms with Crippen molar-refractivity contribution in [3.63, 3.8) is 0 Å². The van der Waals surface area contributed by atoms with E-state index in [0.29, 0.717) is 29.1 Å². The van der Waals surface area contributed by atoms with Crippen LogP contribution >= 0.6 is 0 Å². The average Bonchev–Trinajstić information content (AvgIpc) is 3.15. The molecule has 0 saturated carbocycles. The van der Waals surface area contributed by atoms with Gasteiger partial charge in [-0.15, -0.1) is 0 Å². The number of rotatable bonds is 4. The number of imidazole rings is 2. The van der Waals surface area contributed by atoms with Gasteiger partial charge in [-0.1, -0.05) is 0 Å². The van der Waals surface area contributed by atoms with Crippen LogP contribution in [0.5, 0.6) is 0 Å². The van der Waals surface area contributed by atoms with Crippen molar-refractivity contribution in [2.24, 2.45) is 5.73 Å². The van der Waals surface area contributed by atoms with E-state index in [-0.39, 0.29) is 11.5 Å². The number of benzene rings is 2. The highest BCUT2D eigenvalue weighted by Gasteiger charge is 2.12. The zero-order chi connectivity index (χ0) is 17.6. The van der Waals surface area contributed by atoms with Gasteiger partial charge in [0.25, 0.3) is 5.69 Å². The van der Waals surface area contributed by atoms with Gasteiger partial charge in [-0.05, 0) is 24.3 Å². The number of aromatic amines is 2. The molecule has 0 spiro atoms. The summed E-state index contributed by atoms with van der Waals surface area (Å²) in [5, 5.41) is 18.3. The molecule has 0 bridgehead atoms. The van der Waals surface area contributed by atoms with Gasteiger partial charge in [0.1, 0.15) is 17.5 Å². The molecule has 0 unspecified atom stereocenters. The van der Waals surface area contributed by atoms with E-state index in [1.807, 2.05) is 6.07 Å². The second kappa shape index (κ2) is 5.41. The number of nitrogens with two attached hydrogens (primary N) is 1. The maximum absolute atomic E-state index is 10.8. The molecule has 0 radical (unpaired) electrons. The number of nitrogens with one attached hydrogen (secondary N) is 3. The molecular weight excluding hydrogens is 322 g/mol. The third-order valence-electron chi connectivity index (χ3n) is 3.90. The molecular formula is C16H13N7O2. The summed E-state index contributed by atoms with van der Waals surface area (Å²) in [7, 11) is 0. The maximum Gasteiger partial charge on any atom is 0.271 e. The van der Waals surface area contributed by atoms with Crippen molar-refractivity contribution < 1.29 is 4.92 Å². The Morgan fingerprint density at radius 3 is 2.28 bits per heavy atom.